The van der Waals surface area contributed by atoms with Gasteiger partial charge in [-0.2, -0.15) is 0 Å². The van der Waals surface area contributed by atoms with Crippen LogP contribution in [0.2, 0.25) is 0 Å². The summed E-state index contributed by atoms with van der Waals surface area (Å²) in [6.45, 7) is 0. The monoisotopic (exact) mass is 159 g/mol. The van der Waals surface area contributed by atoms with Gasteiger partial charge >= 0.3 is 0 Å². The van der Waals surface area contributed by atoms with Gasteiger partial charge in [0.2, 0.25) is 5.75 Å². The predicted molar refractivity (Wildman–Crippen MR) is 48.8 cm³/mol. The number of rotatable bonds is 1. The molecule has 0 aliphatic rings. The van der Waals surface area contributed by atoms with E-state index in [2.05, 4.69) is 16.8 Å². The van der Waals surface area contributed by atoms with E-state index in [-0.39, 0.29) is 0 Å². The van der Waals surface area contributed by atoms with Crippen molar-refractivity contribution in [3.8, 4) is 5.75 Å². The number of ether oxygens (including phenoxy) is 1. The van der Waals surface area contributed by atoms with Gasteiger partial charge < -0.3 is 4.74 Å². The second kappa shape index (κ2) is 2.81. The SMILES string of the molecule is [CH2-][OH+]c1cccc2ncccc12. The molecule has 0 spiro atoms. The van der Waals surface area contributed by atoms with Crippen molar-refractivity contribution in [3.63, 3.8) is 0 Å². The lowest BCUT2D eigenvalue weighted by molar-refractivity contribution is 0.190. The summed E-state index contributed by atoms with van der Waals surface area (Å²) in [4.78, 5) is 4.20. The van der Waals surface area contributed by atoms with Crippen LogP contribution in [0.4, 0.5) is 0 Å². The summed E-state index contributed by atoms with van der Waals surface area (Å²) in [5.74, 6) is 0.889. The fourth-order valence-corrected chi connectivity index (χ4v) is 1.22. The van der Waals surface area contributed by atoms with Crippen LogP contribution in [-0.4, -0.2) is 9.72 Å². The Morgan fingerprint density at radius 2 is 2.08 bits per heavy atom. The Labute approximate surface area is 70.8 Å². The molecule has 0 unspecified atom stereocenters. The second-order valence-corrected chi connectivity index (χ2v) is 2.51. The third-order valence-corrected chi connectivity index (χ3v) is 1.79. The third-order valence-electron chi connectivity index (χ3n) is 1.79. The summed E-state index contributed by atoms with van der Waals surface area (Å²) < 4.78 is 3.91. The minimum atomic E-state index is 0.889. The Morgan fingerprint density at radius 3 is 2.92 bits per heavy atom. The zero-order chi connectivity index (χ0) is 8.39. The summed E-state index contributed by atoms with van der Waals surface area (Å²) >= 11 is 0. The molecule has 0 aliphatic carbocycles. The van der Waals surface area contributed by atoms with Gasteiger partial charge in [0.15, 0.2) is 0 Å². The lowest BCUT2D eigenvalue weighted by atomic mass is 10.2. The van der Waals surface area contributed by atoms with E-state index in [0.717, 1.165) is 16.7 Å². The van der Waals surface area contributed by atoms with Gasteiger partial charge in [0.05, 0.1) is 10.9 Å². The fraction of sp³-hybridized carbons (Fsp3) is 0. The van der Waals surface area contributed by atoms with Crippen molar-refractivity contribution in [1.82, 2.24) is 4.98 Å². The second-order valence-electron chi connectivity index (χ2n) is 2.51. The number of benzene rings is 1. The van der Waals surface area contributed by atoms with Crippen molar-refractivity contribution in [3.05, 3.63) is 43.6 Å². The first-order valence-electron chi connectivity index (χ1n) is 3.72. The fourth-order valence-electron chi connectivity index (χ4n) is 1.22. The highest BCUT2D eigenvalue weighted by Gasteiger charge is 2.00. The van der Waals surface area contributed by atoms with Crippen molar-refractivity contribution in [2.24, 2.45) is 0 Å². The van der Waals surface area contributed by atoms with E-state index in [0.29, 0.717) is 0 Å². The summed E-state index contributed by atoms with van der Waals surface area (Å²) in [5.41, 5.74) is 0.961. The highest BCUT2D eigenvalue weighted by atomic mass is 16.5. The number of hydrogen-bond acceptors (Lipinski definition) is 1. The van der Waals surface area contributed by atoms with Crippen LogP contribution in [0, 0.1) is 7.11 Å². The van der Waals surface area contributed by atoms with Crippen LogP contribution < -0.4 is 0 Å². The maximum Gasteiger partial charge on any atom is 0.235 e. The van der Waals surface area contributed by atoms with Crippen LogP contribution in [0.25, 0.3) is 10.9 Å². The van der Waals surface area contributed by atoms with Gasteiger partial charge in [-0.25, -0.2) is 0 Å². The molecule has 1 aromatic carbocycles. The molecular formula is C10H9NO. The lowest BCUT2D eigenvalue weighted by Crippen LogP contribution is -1.80. The molecule has 0 atom stereocenters. The van der Waals surface area contributed by atoms with Gasteiger partial charge in [0.1, 0.15) is 0 Å². The maximum atomic E-state index is 4.20. The number of hydrogen-bond donors (Lipinski definition) is 0. The number of fused-ring (bicyclic) bond motifs is 1. The van der Waals surface area contributed by atoms with Crippen LogP contribution in [0.15, 0.2) is 36.5 Å². The highest BCUT2D eigenvalue weighted by molar-refractivity contribution is 5.84. The Balaban J connectivity index is 2.79. The highest BCUT2D eigenvalue weighted by Crippen LogP contribution is 2.23. The normalized spacial score (nSPS) is 10.1. The smallest absolute Gasteiger partial charge is 0.235 e. The summed E-state index contributed by atoms with van der Waals surface area (Å²) in [6, 6.07) is 9.71. The first-order valence-corrected chi connectivity index (χ1v) is 3.72. The molecule has 0 radical (unpaired) electrons. The van der Waals surface area contributed by atoms with E-state index in [1.807, 2.05) is 30.3 Å². The van der Waals surface area contributed by atoms with Gasteiger partial charge in [-0.15, -0.1) is 0 Å². The lowest BCUT2D eigenvalue weighted by Gasteiger charge is -2.05. The van der Waals surface area contributed by atoms with Gasteiger partial charge in [-0.3, -0.25) is 4.98 Å². The van der Waals surface area contributed by atoms with Crippen LogP contribution in [0.1, 0.15) is 0 Å². The molecule has 0 amide bonds. The summed E-state index contributed by atoms with van der Waals surface area (Å²) in [6.07, 6.45) is 1.77. The molecule has 1 heterocycles. The molecule has 0 aliphatic heterocycles. The van der Waals surface area contributed by atoms with Gasteiger partial charge in [0.25, 0.3) is 0 Å². The number of pyridine rings is 1. The zero-order valence-electron chi connectivity index (χ0n) is 6.57. The van der Waals surface area contributed by atoms with Crippen molar-refractivity contribution in [1.29, 1.82) is 0 Å². The number of aliphatic hydroxyl groups is 1. The van der Waals surface area contributed by atoms with E-state index in [4.69, 9.17) is 0 Å². The average molecular weight is 159 g/mol. The minimum absolute atomic E-state index is 0.889. The average Bonchev–Trinajstić information content (AvgIpc) is 2.17. The standard InChI is InChI=1S/C10H9NO/c1-12-10-6-2-5-9-8(10)4-3-7-11-9/h2-7,12H,1H2. The predicted octanol–water partition coefficient (Wildman–Crippen LogP) is 2.27. The van der Waals surface area contributed by atoms with Crippen molar-refractivity contribution < 1.29 is 4.74 Å². The number of aromatic nitrogens is 1. The topological polar surface area (TPSA) is 25.7 Å². The molecule has 2 rings (SSSR count). The molecule has 1 aromatic heterocycles. The van der Waals surface area contributed by atoms with Crippen LogP contribution in [-0.2, 0) is 0 Å². The Morgan fingerprint density at radius 1 is 1.17 bits per heavy atom. The Kier molecular flexibility index (Phi) is 1.67. The summed E-state index contributed by atoms with van der Waals surface area (Å²) in [7, 11) is 3.50. The van der Waals surface area contributed by atoms with E-state index < -0.39 is 0 Å². The molecule has 60 valence electrons. The number of aromatic hydroxyl groups is 1. The Hall–Kier alpha value is -1.57. The molecule has 2 aromatic rings. The van der Waals surface area contributed by atoms with Gasteiger partial charge in [0, 0.05) is 12.3 Å². The molecule has 2 heteroatoms. The molecular weight excluding hydrogens is 150 g/mol. The van der Waals surface area contributed by atoms with Gasteiger partial charge in [-0.05, 0) is 25.3 Å². The molecule has 2 nitrogen and oxygen atoms in total. The van der Waals surface area contributed by atoms with E-state index in [1.165, 1.54) is 0 Å². The molecule has 1 N–H and O–H groups in total. The van der Waals surface area contributed by atoms with Crippen molar-refractivity contribution in [2.75, 3.05) is 0 Å². The van der Waals surface area contributed by atoms with E-state index in [1.54, 1.807) is 6.20 Å². The largest absolute Gasteiger partial charge is 0.721 e. The van der Waals surface area contributed by atoms with E-state index in [9.17, 15) is 0 Å². The Bertz CT molecular complexity index is 392. The number of nitrogens with zero attached hydrogens (tertiary/aromatic N) is 1. The third kappa shape index (κ3) is 1.01. The molecule has 0 bridgehead atoms. The van der Waals surface area contributed by atoms with Crippen LogP contribution in [0.5, 0.6) is 5.75 Å². The van der Waals surface area contributed by atoms with E-state index >= 15 is 0 Å². The molecule has 0 saturated heterocycles. The summed E-state index contributed by atoms with van der Waals surface area (Å²) in [5, 5.41) is 1.05. The molecule has 12 heavy (non-hydrogen) atoms. The first kappa shape index (κ1) is 7.10. The molecule has 0 fully saturated rings. The zero-order valence-corrected chi connectivity index (χ0v) is 6.57. The maximum absolute atomic E-state index is 4.20. The minimum Gasteiger partial charge on any atom is -0.721 e. The van der Waals surface area contributed by atoms with Crippen molar-refractivity contribution >= 4 is 10.9 Å². The van der Waals surface area contributed by atoms with Crippen LogP contribution in [0.3, 0.4) is 0 Å². The first-order chi connectivity index (χ1) is 5.92. The quantitative estimate of drug-likeness (QED) is 0.463. The van der Waals surface area contributed by atoms with Gasteiger partial charge in [-0.1, -0.05) is 6.07 Å². The molecule has 0 saturated carbocycles. The van der Waals surface area contributed by atoms with Crippen molar-refractivity contribution in [2.45, 2.75) is 0 Å². The van der Waals surface area contributed by atoms with Crippen LogP contribution >= 0.6 is 0 Å².